The molecule has 6 nitrogen and oxygen atoms in total. The zero-order valence-electron chi connectivity index (χ0n) is 13.7. The van der Waals surface area contributed by atoms with Crippen LogP contribution in [-0.2, 0) is 0 Å². The van der Waals surface area contributed by atoms with Gasteiger partial charge in [-0.3, -0.25) is 0 Å². The summed E-state index contributed by atoms with van der Waals surface area (Å²) in [6.07, 6.45) is 2.93. The summed E-state index contributed by atoms with van der Waals surface area (Å²) in [7, 11) is 0. The summed E-state index contributed by atoms with van der Waals surface area (Å²) < 4.78 is 29.2. The fourth-order valence-corrected chi connectivity index (χ4v) is 2.20. The van der Waals surface area contributed by atoms with Crippen molar-refractivity contribution < 1.29 is 28.6 Å². The van der Waals surface area contributed by atoms with E-state index >= 15 is 0 Å². The van der Waals surface area contributed by atoms with Crippen LogP contribution >= 0.6 is 0 Å². The number of halogens is 2. The van der Waals surface area contributed by atoms with E-state index in [-0.39, 0.29) is 11.4 Å². The summed E-state index contributed by atoms with van der Waals surface area (Å²) >= 11 is 0. The van der Waals surface area contributed by atoms with Gasteiger partial charge in [-0.15, -0.1) is 0 Å². The second-order valence-corrected chi connectivity index (χ2v) is 5.30. The van der Waals surface area contributed by atoms with E-state index in [9.17, 15) is 18.4 Å². The summed E-state index contributed by atoms with van der Waals surface area (Å²) in [6.45, 7) is 4.44. The summed E-state index contributed by atoms with van der Waals surface area (Å²) in [4.78, 5) is 22.5. The van der Waals surface area contributed by atoms with Gasteiger partial charge in [0.15, 0.2) is 11.6 Å². The second-order valence-electron chi connectivity index (χ2n) is 5.30. The van der Waals surface area contributed by atoms with Gasteiger partial charge in [-0.25, -0.2) is 18.4 Å². The Morgan fingerprint density at radius 1 is 0.833 bits per heavy atom. The third-order valence-corrected chi connectivity index (χ3v) is 3.47. The van der Waals surface area contributed by atoms with Crippen molar-refractivity contribution in [1.29, 1.82) is 0 Å². The summed E-state index contributed by atoms with van der Waals surface area (Å²) in [5.41, 5.74) is -3.06. The number of hydrogen-bond donors (Lipinski definition) is 4. The predicted molar refractivity (Wildman–Crippen MR) is 87.1 cm³/mol. The summed E-state index contributed by atoms with van der Waals surface area (Å²) in [6, 6.07) is 0. The average molecular weight is 344 g/mol. The summed E-state index contributed by atoms with van der Waals surface area (Å²) in [5, 5.41) is 23.6. The molecule has 0 spiro atoms. The quantitative estimate of drug-likeness (QED) is 0.482. The van der Waals surface area contributed by atoms with Crippen LogP contribution in [0.2, 0.25) is 0 Å². The Bertz CT molecular complexity index is 568. The van der Waals surface area contributed by atoms with Crippen LogP contribution in [0.1, 0.15) is 60.2 Å². The first-order valence-electron chi connectivity index (χ1n) is 7.85. The van der Waals surface area contributed by atoms with Crippen molar-refractivity contribution in [2.75, 3.05) is 23.7 Å². The number of anilines is 2. The van der Waals surface area contributed by atoms with Crippen molar-refractivity contribution in [3.05, 3.63) is 22.8 Å². The van der Waals surface area contributed by atoms with Crippen molar-refractivity contribution in [3.8, 4) is 0 Å². The maximum absolute atomic E-state index is 14.6. The number of benzene rings is 1. The van der Waals surface area contributed by atoms with Gasteiger partial charge in [0.25, 0.3) is 0 Å². The van der Waals surface area contributed by atoms with Gasteiger partial charge in [-0.1, -0.05) is 26.7 Å². The molecule has 24 heavy (non-hydrogen) atoms. The number of carboxylic acid groups (broad SMARTS) is 2. The number of unbranched alkanes of at least 4 members (excludes halogenated alkanes) is 2. The largest absolute Gasteiger partial charge is 0.478 e. The Hall–Kier alpha value is -2.38. The van der Waals surface area contributed by atoms with Gasteiger partial charge in [0.1, 0.15) is 11.1 Å². The Morgan fingerprint density at radius 3 is 1.42 bits per heavy atom. The third kappa shape index (κ3) is 4.33. The van der Waals surface area contributed by atoms with Crippen LogP contribution in [0.15, 0.2) is 0 Å². The monoisotopic (exact) mass is 344 g/mol. The van der Waals surface area contributed by atoms with E-state index < -0.39 is 34.7 Å². The molecule has 4 N–H and O–H groups in total. The number of carboxylic acids is 2. The number of rotatable bonds is 10. The molecule has 0 saturated heterocycles. The van der Waals surface area contributed by atoms with E-state index in [4.69, 9.17) is 10.2 Å². The van der Waals surface area contributed by atoms with Crippen molar-refractivity contribution in [3.63, 3.8) is 0 Å². The molecule has 0 amide bonds. The van der Waals surface area contributed by atoms with Gasteiger partial charge in [-0.2, -0.15) is 0 Å². The molecule has 1 rings (SSSR count). The lowest BCUT2D eigenvalue weighted by Crippen LogP contribution is -2.19. The fraction of sp³-hybridized carbons (Fsp3) is 0.500. The van der Waals surface area contributed by atoms with E-state index in [0.717, 1.165) is 12.8 Å². The molecular formula is C16H22F2N2O4. The lowest BCUT2D eigenvalue weighted by Gasteiger charge is -2.19. The Morgan fingerprint density at radius 2 is 1.17 bits per heavy atom. The average Bonchev–Trinajstić information content (AvgIpc) is 2.51. The second kappa shape index (κ2) is 9.05. The predicted octanol–water partition coefficient (Wildman–Crippen LogP) is 3.79. The van der Waals surface area contributed by atoms with E-state index in [2.05, 4.69) is 10.6 Å². The molecule has 1 aromatic carbocycles. The van der Waals surface area contributed by atoms with Crippen molar-refractivity contribution >= 4 is 23.3 Å². The van der Waals surface area contributed by atoms with Crippen molar-refractivity contribution in [2.45, 2.75) is 39.5 Å². The maximum atomic E-state index is 14.6. The fourth-order valence-electron chi connectivity index (χ4n) is 2.20. The molecule has 8 heteroatoms. The number of nitrogens with one attached hydrogen (secondary N) is 2. The van der Waals surface area contributed by atoms with Crippen LogP contribution in [0, 0.1) is 11.6 Å². The zero-order chi connectivity index (χ0) is 18.3. The molecule has 0 radical (unpaired) electrons. The van der Waals surface area contributed by atoms with Gasteiger partial charge in [0, 0.05) is 13.1 Å². The molecule has 0 aromatic heterocycles. The van der Waals surface area contributed by atoms with Crippen molar-refractivity contribution in [1.82, 2.24) is 0 Å². The zero-order valence-corrected chi connectivity index (χ0v) is 13.7. The maximum Gasteiger partial charge on any atom is 0.339 e. The molecule has 0 bridgehead atoms. The van der Waals surface area contributed by atoms with Gasteiger partial charge >= 0.3 is 11.9 Å². The van der Waals surface area contributed by atoms with Crippen LogP contribution in [0.4, 0.5) is 20.2 Å². The van der Waals surface area contributed by atoms with Crippen LogP contribution < -0.4 is 10.6 Å². The molecule has 0 aliphatic rings. The molecule has 0 aliphatic carbocycles. The minimum absolute atomic E-state index is 0.306. The molecule has 0 unspecified atom stereocenters. The molecule has 0 saturated carbocycles. The van der Waals surface area contributed by atoms with Crippen LogP contribution in [-0.4, -0.2) is 35.2 Å². The molecule has 134 valence electrons. The standard InChI is InChI=1S/C16H22F2N2O4/c1-3-5-7-19-13-11(17)9(15(21)22)10(16(23)24)12(18)14(13)20-8-6-4-2/h19-20H,3-8H2,1-2H3,(H,21,22)(H,23,24). The first-order chi connectivity index (χ1) is 11.4. The van der Waals surface area contributed by atoms with Crippen LogP contribution in [0.25, 0.3) is 0 Å². The third-order valence-electron chi connectivity index (χ3n) is 3.47. The topological polar surface area (TPSA) is 98.7 Å². The molecule has 1 aromatic rings. The van der Waals surface area contributed by atoms with E-state index in [0.29, 0.717) is 25.9 Å². The van der Waals surface area contributed by atoms with Gasteiger partial charge in [0.2, 0.25) is 0 Å². The van der Waals surface area contributed by atoms with Crippen molar-refractivity contribution in [2.24, 2.45) is 0 Å². The lowest BCUT2D eigenvalue weighted by molar-refractivity contribution is 0.0643. The first kappa shape index (κ1) is 19.7. The molecule has 0 atom stereocenters. The van der Waals surface area contributed by atoms with Gasteiger partial charge in [0.05, 0.1) is 11.4 Å². The van der Waals surface area contributed by atoms with E-state index in [1.165, 1.54) is 0 Å². The normalized spacial score (nSPS) is 10.5. The SMILES string of the molecule is CCCCNc1c(F)c(C(=O)O)c(C(=O)O)c(F)c1NCCCC. The van der Waals surface area contributed by atoms with Crippen LogP contribution in [0.5, 0.6) is 0 Å². The Labute approximate surface area is 138 Å². The first-order valence-corrected chi connectivity index (χ1v) is 7.85. The summed E-state index contributed by atoms with van der Waals surface area (Å²) in [5.74, 6) is -6.22. The molecule has 0 aliphatic heterocycles. The number of hydrogen-bond acceptors (Lipinski definition) is 4. The minimum atomic E-state index is -1.83. The lowest BCUT2D eigenvalue weighted by atomic mass is 10.0. The van der Waals surface area contributed by atoms with Gasteiger partial charge < -0.3 is 20.8 Å². The number of carbonyl (C=O) groups is 2. The highest BCUT2D eigenvalue weighted by molar-refractivity contribution is 6.05. The molecular weight excluding hydrogens is 322 g/mol. The molecule has 0 fully saturated rings. The Balaban J connectivity index is 3.50. The van der Waals surface area contributed by atoms with E-state index in [1.54, 1.807) is 0 Å². The number of aromatic carboxylic acids is 2. The molecule has 0 heterocycles. The smallest absolute Gasteiger partial charge is 0.339 e. The highest BCUT2D eigenvalue weighted by Crippen LogP contribution is 2.35. The highest BCUT2D eigenvalue weighted by Gasteiger charge is 2.31. The van der Waals surface area contributed by atoms with Crippen LogP contribution in [0.3, 0.4) is 0 Å². The van der Waals surface area contributed by atoms with E-state index in [1.807, 2.05) is 13.8 Å². The van der Waals surface area contributed by atoms with Gasteiger partial charge in [-0.05, 0) is 12.8 Å². The minimum Gasteiger partial charge on any atom is -0.478 e. The Kier molecular flexibility index (Phi) is 7.41. The highest BCUT2D eigenvalue weighted by atomic mass is 19.1.